The van der Waals surface area contributed by atoms with Crippen molar-refractivity contribution in [3.8, 4) is 0 Å². The highest BCUT2D eigenvalue weighted by atomic mass is 35.5. The average Bonchev–Trinajstić information content (AvgIpc) is 3.27. The predicted octanol–water partition coefficient (Wildman–Crippen LogP) is 2.95. The number of halogens is 2. The Bertz CT molecular complexity index is 1340. The van der Waals surface area contributed by atoms with Crippen LogP contribution in [-0.2, 0) is 30.8 Å². The van der Waals surface area contributed by atoms with Crippen molar-refractivity contribution in [3.63, 3.8) is 0 Å². The number of urea groups is 1. The summed E-state index contributed by atoms with van der Waals surface area (Å²) in [6, 6.07) is 4.56. The van der Waals surface area contributed by atoms with Gasteiger partial charge in [-0.15, -0.1) is 5.10 Å². The minimum atomic E-state index is -0.917. The van der Waals surface area contributed by atoms with Crippen molar-refractivity contribution in [3.05, 3.63) is 56.3 Å². The summed E-state index contributed by atoms with van der Waals surface area (Å²) >= 11 is 12.8. The molecule has 2 amide bonds. The van der Waals surface area contributed by atoms with Crippen LogP contribution in [0.15, 0.2) is 40.7 Å². The summed E-state index contributed by atoms with van der Waals surface area (Å²) < 4.78 is 17.6. The van der Waals surface area contributed by atoms with Gasteiger partial charge in [-0.1, -0.05) is 35.3 Å². The van der Waals surface area contributed by atoms with Crippen molar-refractivity contribution < 1.29 is 28.6 Å². The number of dihydropyridines is 1. The van der Waals surface area contributed by atoms with Crippen LogP contribution in [0.2, 0.25) is 10.0 Å². The molecule has 2 aromatic rings. The van der Waals surface area contributed by atoms with Gasteiger partial charge in [0, 0.05) is 26.3 Å². The highest BCUT2D eigenvalue weighted by Crippen LogP contribution is 2.43. The third-order valence-electron chi connectivity index (χ3n) is 5.83. The van der Waals surface area contributed by atoms with Gasteiger partial charge in [0.2, 0.25) is 11.9 Å². The number of carbonyl (C=O) groups excluding carboxylic acids is 3. The van der Waals surface area contributed by atoms with Crippen LogP contribution in [0.4, 0.5) is 16.7 Å². The predicted molar refractivity (Wildman–Crippen MR) is 149 cm³/mol. The fourth-order valence-electron chi connectivity index (χ4n) is 4.04. The number of hydrogen-bond donors (Lipinski definition) is 4. The molecule has 4 N–H and O–H groups in total. The molecular weight excluding hydrogens is 565 g/mol. The molecule has 0 spiro atoms. The monoisotopic (exact) mass is 595 g/mol. The number of carbonyl (C=O) groups is 3. The number of allylic oxidation sites excluding steroid dienone is 1. The second-order valence-corrected chi connectivity index (χ2v) is 9.20. The Kier molecular flexibility index (Phi) is 10.8. The molecule has 0 aliphatic carbocycles. The second kappa shape index (κ2) is 14.0. The Hall–Kier alpha value is -3.81. The quantitative estimate of drug-likeness (QED) is 0.225. The third-order valence-corrected chi connectivity index (χ3v) is 6.66. The number of rotatable bonds is 11. The van der Waals surface area contributed by atoms with E-state index in [1.54, 1.807) is 39.1 Å². The first-order valence-electron chi connectivity index (χ1n) is 12.2. The third kappa shape index (κ3) is 7.03. The molecule has 1 unspecified atom stereocenters. The second-order valence-electron chi connectivity index (χ2n) is 8.41. The number of ether oxygens (including phenoxy) is 3. The van der Waals surface area contributed by atoms with Crippen LogP contribution in [-0.4, -0.2) is 73.3 Å². The van der Waals surface area contributed by atoms with Crippen LogP contribution < -0.4 is 21.3 Å². The molecule has 1 aromatic carbocycles. The molecule has 1 atom stereocenters. The van der Waals surface area contributed by atoms with Gasteiger partial charge < -0.3 is 30.2 Å². The van der Waals surface area contributed by atoms with Crippen LogP contribution in [0.1, 0.15) is 25.3 Å². The number of benzene rings is 1. The fraction of sp³-hybridized carbons (Fsp3) is 0.400. The highest BCUT2D eigenvalue weighted by molar-refractivity contribution is 6.42. The summed E-state index contributed by atoms with van der Waals surface area (Å²) in [5.41, 5.74) is 1.66. The molecule has 1 aliphatic rings. The topological polar surface area (TPSA) is 158 Å². The van der Waals surface area contributed by atoms with E-state index in [0.29, 0.717) is 23.5 Å². The van der Waals surface area contributed by atoms with Crippen LogP contribution in [0.25, 0.3) is 0 Å². The first-order valence-corrected chi connectivity index (χ1v) is 13.0. The summed E-state index contributed by atoms with van der Waals surface area (Å²) in [6.45, 7) is 3.99. The van der Waals surface area contributed by atoms with E-state index in [4.69, 9.17) is 37.4 Å². The normalized spacial score (nSPS) is 14.9. The van der Waals surface area contributed by atoms with Gasteiger partial charge in [-0.3, -0.25) is 5.32 Å². The van der Waals surface area contributed by atoms with Gasteiger partial charge in [-0.25, -0.2) is 19.1 Å². The molecule has 0 saturated heterocycles. The number of nitrogens with one attached hydrogen (secondary N) is 4. The van der Waals surface area contributed by atoms with Crippen molar-refractivity contribution in [2.75, 3.05) is 51.2 Å². The number of hydrogen-bond acceptors (Lipinski definition) is 10. The van der Waals surface area contributed by atoms with Gasteiger partial charge in [-0.05, 0) is 25.5 Å². The number of amides is 2. The maximum Gasteiger partial charge on any atom is 0.336 e. The minimum absolute atomic E-state index is 0.0184. The fourth-order valence-corrected chi connectivity index (χ4v) is 4.45. The van der Waals surface area contributed by atoms with Crippen LogP contribution in [0.3, 0.4) is 0 Å². The van der Waals surface area contributed by atoms with E-state index in [-0.39, 0.29) is 52.9 Å². The average molecular weight is 596 g/mol. The lowest BCUT2D eigenvalue weighted by molar-refractivity contribution is -0.139. The Morgan fingerprint density at radius 2 is 1.93 bits per heavy atom. The first-order chi connectivity index (χ1) is 19.1. The number of anilines is 2. The van der Waals surface area contributed by atoms with Crippen LogP contribution in [0, 0.1) is 0 Å². The van der Waals surface area contributed by atoms with E-state index in [2.05, 4.69) is 31.3 Å². The zero-order valence-corrected chi connectivity index (χ0v) is 24.2. The lowest BCUT2D eigenvalue weighted by Gasteiger charge is -2.31. The highest BCUT2D eigenvalue weighted by Gasteiger charge is 2.40. The number of esters is 2. The minimum Gasteiger partial charge on any atom is -0.466 e. The molecule has 0 fully saturated rings. The Labute approximate surface area is 241 Å². The smallest absolute Gasteiger partial charge is 0.336 e. The molecule has 1 aromatic heterocycles. The number of aryl methyl sites for hydroxylation is 1. The number of methoxy groups -OCH3 is 1. The summed E-state index contributed by atoms with van der Waals surface area (Å²) in [7, 11) is 4.39. The molecule has 216 valence electrons. The summed E-state index contributed by atoms with van der Waals surface area (Å²) in [4.78, 5) is 41.9. The maximum absolute atomic E-state index is 13.3. The molecular formula is C25H31Cl2N7O6. The lowest BCUT2D eigenvalue weighted by Crippen LogP contribution is -2.35. The molecule has 0 radical (unpaired) electrons. The van der Waals surface area contributed by atoms with E-state index < -0.39 is 23.9 Å². The van der Waals surface area contributed by atoms with E-state index in [1.807, 2.05) is 0 Å². The number of aromatic nitrogens is 3. The van der Waals surface area contributed by atoms with Crippen LogP contribution in [0.5, 0.6) is 0 Å². The van der Waals surface area contributed by atoms with Gasteiger partial charge in [0.1, 0.15) is 0 Å². The lowest BCUT2D eigenvalue weighted by atomic mass is 9.80. The largest absolute Gasteiger partial charge is 0.466 e. The Balaban J connectivity index is 1.83. The standard InChI is InChI=1S/C25H31Cl2N7O6/c1-6-40-22(36)19-16(12-39-11-10-29-23-31-24(34(4)33-23)32-25(37)28-3)30-13(2)17(21(35)38-5)18(19)14-8-7-9-15(26)20(14)27/h7-9,18,30H,6,10-12H2,1-5H3,(H3,28,29,31,32,33,37). The summed E-state index contributed by atoms with van der Waals surface area (Å²) in [5.74, 6) is -1.65. The van der Waals surface area contributed by atoms with Gasteiger partial charge in [-0.2, -0.15) is 4.98 Å². The zero-order chi connectivity index (χ0) is 29.4. The molecule has 2 heterocycles. The molecule has 15 heteroatoms. The molecule has 0 bridgehead atoms. The maximum atomic E-state index is 13.3. The van der Waals surface area contributed by atoms with E-state index in [9.17, 15) is 14.4 Å². The molecule has 13 nitrogen and oxygen atoms in total. The Morgan fingerprint density at radius 3 is 2.60 bits per heavy atom. The van der Waals surface area contributed by atoms with Crippen LogP contribution >= 0.6 is 23.2 Å². The van der Waals surface area contributed by atoms with Crippen molar-refractivity contribution in [2.24, 2.45) is 7.05 Å². The summed E-state index contributed by atoms with van der Waals surface area (Å²) in [5, 5.41) is 15.8. The van der Waals surface area contributed by atoms with Gasteiger partial charge in [0.15, 0.2) is 0 Å². The zero-order valence-electron chi connectivity index (χ0n) is 22.7. The van der Waals surface area contributed by atoms with Gasteiger partial charge in [0.25, 0.3) is 0 Å². The van der Waals surface area contributed by atoms with Crippen molar-refractivity contribution >= 4 is 53.1 Å². The van der Waals surface area contributed by atoms with Gasteiger partial charge >= 0.3 is 18.0 Å². The number of nitrogens with zero attached hydrogens (tertiary/aromatic N) is 3. The molecule has 1 aliphatic heterocycles. The van der Waals surface area contributed by atoms with Crippen molar-refractivity contribution in [2.45, 2.75) is 19.8 Å². The van der Waals surface area contributed by atoms with Crippen molar-refractivity contribution in [1.29, 1.82) is 0 Å². The SMILES string of the molecule is CCOC(=O)C1=C(COCCNc2nc(NC(=O)NC)n(C)n2)NC(C)=C(C(=O)OC)C1c1cccc(Cl)c1Cl. The van der Waals surface area contributed by atoms with Gasteiger partial charge in [0.05, 0.1) is 59.7 Å². The molecule has 40 heavy (non-hydrogen) atoms. The van der Waals surface area contributed by atoms with E-state index >= 15 is 0 Å². The molecule has 3 rings (SSSR count). The first kappa shape index (κ1) is 30.7. The Morgan fingerprint density at radius 1 is 1.18 bits per heavy atom. The van der Waals surface area contributed by atoms with E-state index in [1.165, 1.54) is 18.8 Å². The summed E-state index contributed by atoms with van der Waals surface area (Å²) in [6.07, 6.45) is 0. The molecule has 0 saturated carbocycles. The van der Waals surface area contributed by atoms with E-state index in [0.717, 1.165) is 0 Å². The van der Waals surface area contributed by atoms with Crippen molar-refractivity contribution in [1.82, 2.24) is 25.4 Å².